The van der Waals surface area contributed by atoms with Crippen molar-refractivity contribution in [3.05, 3.63) is 48.8 Å². The molecule has 108 valence electrons. The predicted octanol–water partition coefficient (Wildman–Crippen LogP) is 5.12. The van der Waals surface area contributed by atoms with E-state index in [0.717, 1.165) is 25.2 Å². The molecule has 1 aromatic carbocycles. The summed E-state index contributed by atoms with van der Waals surface area (Å²) >= 11 is 8.64. The molecule has 1 N–H and O–H groups in total. The number of nitrogens with one attached hydrogen (secondary N) is 1. The van der Waals surface area contributed by atoms with E-state index in [4.69, 9.17) is 4.74 Å². The quantitative estimate of drug-likeness (QED) is 0.721. The number of hydrogen-bond donors (Lipinski definition) is 1. The summed E-state index contributed by atoms with van der Waals surface area (Å²) in [7, 11) is 1.60. The standard InChI is InChI=1S/C14H14Br2FNOS/c1-3-18-13(10-7-12(15)20-14(10)16)9-6-8(17)4-5-11(9)19-2/h4-7,13,18H,3H2,1-2H3. The molecule has 2 aromatic rings. The Balaban J connectivity index is 2.53. The van der Waals surface area contributed by atoms with Crippen LogP contribution in [-0.2, 0) is 0 Å². The predicted molar refractivity (Wildman–Crippen MR) is 88.2 cm³/mol. The third-order valence-corrected chi connectivity index (χ3v) is 5.29. The van der Waals surface area contributed by atoms with Crippen LogP contribution in [-0.4, -0.2) is 13.7 Å². The van der Waals surface area contributed by atoms with E-state index in [1.165, 1.54) is 12.1 Å². The molecule has 6 heteroatoms. The first kappa shape index (κ1) is 15.9. The van der Waals surface area contributed by atoms with Gasteiger partial charge in [0.25, 0.3) is 0 Å². The molecule has 1 heterocycles. The zero-order chi connectivity index (χ0) is 14.7. The molecule has 20 heavy (non-hydrogen) atoms. The van der Waals surface area contributed by atoms with Gasteiger partial charge in [-0.3, -0.25) is 0 Å². The molecule has 0 spiro atoms. The van der Waals surface area contributed by atoms with Crippen LogP contribution in [0.15, 0.2) is 31.8 Å². The van der Waals surface area contributed by atoms with Crippen molar-refractivity contribution in [3.8, 4) is 5.75 Å². The summed E-state index contributed by atoms with van der Waals surface area (Å²) in [6.07, 6.45) is 0. The Bertz CT molecular complexity index is 603. The highest BCUT2D eigenvalue weighted by Gasteiger charge is 2.22. The molecule has 0 amide bonds. The molecule has 1 unspecified atom stereocenters. The first-order valence-electron chi connectivity index (χ1n) is 6.08. The number of ether oxygens (including phenoxy) is 1. The SMILES string of the molecule is CCNC(c1cc(F)ccc1OC)c1cc(Br)sc1Br. The minimum atomic E-state index is -0.269. The van der Waals surface area contributed by atoms with Crippen molar-refractivity contribution in [3.63, 3.8) is 0 Å². The number of thiophene rings is 1. The molecular weight excluding hydrogens is 409 g/mol. The van der Waals surface area contributed by atoms with E-state index in [0.29, 0.717) is 5.75 Å². The molecule has 0 aliphatic rings. The van der Waals surface area contributed by atoms with Crippen molar-refractivity contribution in [1.82, 2.24) is 5.32 Å². The van der Waals surface area contributed by atoms with Gasteiger partial charge in [0.15, 0.2) is 0 Å². The maximum absolute atomic E-state index is 13.6. The summed E-state index contributed by atoms with van der Waals surface area (Å²) < 4.78 is 21.0. The molecule has 0 radical (unpaired) electrons. The normalized spacial score (nSPS) is 12.4. The second kappa shape index (κ2) is 7.02. The average Bonchev–Trinajstić information content (AvgIpc) is 2.75. The molecule has 0 saturated carbocycles. The number of methoxy groups -OCH3 is 1. The third kappa shape index (κ3) is 3.42. The van der Waals surface area contributed by atoms with Gasteiger partial charge < -0.3 is 10.1 Å². The van der Waals surface area contributed by atoms with Gasteiger partial charge in [0.05, 0.1) is 20.7 Å². The van der Waals surface area contributed by atoms with Crippen LogP contribution < -0.4 is 10.1 Å². The minimum absolute atomic E-state index is 0.123. The van der Waals surface area contributed by atoms with Gasteiger partial charge >= 0.3 is 0 Å². The molecule has 0 saturated heterocycles. The molecule has 0 bridgehead atoms. The number of benzene rings is 1. The molecule has 2 nitrogen and oxygen atoms in total. The van der Waals surface area contributed by atoms with Gasteiger partial charge in [0.2, 0.25) is 0 Å². The molecule has 2 rings (SSSR count). The topological polar surface area (TPSA) is 21.3 Å². The van der Waals surface area contributed by atoms with E-state index in [1.54, 1.807) is 24.5 Å². The van der Waals surface area contributed by atoms with Crippen molar-refractivity contribution >= 4 is 43.2 Å². The van der Waals surface area contributed by atoms with E-state index in [9.17, 15) is 4.39 Å². The first-order valence-corrected chi connectivity index (χ1v) is 8.48. The monoisotopic (exact) mass is 421 g/mol. The highest BCUT2D eigenvalue weighted by atomic mass is 79.9. The fourth-order valence-electron chi connectivity index (χ4n) is 2.07. The Morgan fingerprint density at radius 1 is 1.30 bits per heavy atom. The lowest BCUT2D eigenvalue weighted by molar-refractivity contribution is 0.402. The summed E-state index contributed by atoms with van der Waals surface area (Å²) in [5, 5.41) is 3.38. The molecule has 0 aliphatic heterocycles. The summed E-state index contributed by atoms with van der Waals surface area (Å²) in [6.45, 7) is 2.79. The van der Waals surface area contributed by atoms with E-state index < -0.39 is 0 Å². The van der Waals surface area contributed by atoms with Crippen LogP contribution in [0.25, 0.3) is 0 Å². The Labute approximate surface area is 138 Å². The van der Waals surface area contributed by atoms with Gasteiger partial charge in [-0.25, -0.2) is 4.39 Å². The zero-order valence-corrected chi connectivity index (χ0v) is 15.0. The van der Waals surface area contributed by atoms with Gasteiger partial charge in [0.1, 0.15) is 11.6 Å². The van der Waals surface area contributed by atoms with Crippen LogP contribution in [0.2, 0.25) is 0 Å². The van der Waals surface area contributed by atoms with Crippen LogP contribution in [0.5, 0.6) is 5.75 Å². The van der Waals surface area contributed by atoms with Crippen LogP contribution in [0.1, 0.15) is 24.1 Å². The lowest BCUT2D eigenvalue weighted by atomic mass is 10.00. The van der Waals surface area contributed by atoms with Crippen molar-refractivity contribution in [2.24, 2.45) is 0 Å². The lowest BCUT2D eigenvalue weighted by Gasteiger charge is -2.20. The summed E-state index contributed by atoms with van der Waals surface area (Å²) in [4.78, 5) is 0. The zero-order valence-electron chi connectivity index (χ0n) is 11.0. The lowest BCUT2D eigenvalue weighted by Crippen LogP contribution is -2.22. The van der Waals surface area contributed by atoms with E-state index in [1.807, 2.05) is 13.0 Å². The maximum Gasteiger partial charge on any atom is 0.124 e. The Morgan fingerprint density at radius 2 is 2.05 bits per heavy atom. The first-order chi connectivity index (χ1) is 9.56. The largest absolute Gasteiger partial charge is 0.496 e. The van der Waals surface area contributed by atoms with Crippen molar-refractivity contribution in [2.75, 3.05) is 13.7 Å². The van der Waals surface area contributed by atoms with Crippen LogP contribution in [0, 0.1) is 5.82 Å². The second-order valence-electron chi connectivity index (χ2n) is 4.16. The van der Waals surface area contributed by atoms with Crippen molar-refractivity contribution in [1.29, 1.82) is 0 Å². The second-order valence-corrected chi connectivity index (χ2v) is 7.91. The highest BCUT2D eigenvalue weighted by molar-refractivity contribution is 9.12. The smallest absolute Gasteiger partial charge is 0.124 e. The van der Waals surface area contributed by atoms with E-state index >= 15 is 0 Å². The summed E-state index contributed by atoms with van der Waals surface area (Å²) in [6, 6.07) is 6.49. The third-order valence-electron chi connectivity index (χ3n) is 2.91. The number of hydrogen-bond acceptors (Lipinski definition) is 3. The van der Waals surface area contributed by atoms with Gasteiger partial charge in [-0.05, 0) is 68.2 Å². The fourth-order valence-corrected chi connectivity index (χ4v) is 4.97. The minimum Gasteiger partial charge on any atom is -0.496 e. The summed E-state index contributed by atoms with van der Waals surface area (Å²) in [5.41, 5.74) is 1.85. The maximum atomic E-state index is 13.6. The van der Waals surface area contributed by atoms with Crippen molar-refractivity contribution in [2.45, 2.75) is 13.0 Å². The fraction of sp³-hybridized carbons (Fsp3) is 0.286. The van der Waals surface area contributed by atoms with Crippen LogP contribution in [0.4, 0.5) is 4.39 Å². The number of halogens is 3. The molecule has 0 fully saturated rings. The van der Waals surface area contributed by atoms with Gasteiger partial charge in [-0.1, -0.05) is 6.92 Å². The molecule has 1 aromatic heterocycles. The molecule has 1 atom stereocenters. The Hall–Kier alpha value is -0.430. The Kier molecular flexibility index (Phi) is 5.60. The van der Waals surface area contributed by atoms with E-state index in [-0.39, 0.29) is 11.9 Å². The van der Waals surface area contributed by atoms with Crippen molar-refractivity contribution < 1.29 is 9.13 Å². The highest BCUT2D eigenvalue weighted by Crippen LogP contribution is 2.40. The van der Waals surface area contributed by atoms with Gasteiger partial charge in [-0.2, -0.15) is 0 Å². The summed E-state index contributed by atoms with van der Waals surface area (Å²) in [5.74, 6) is 0.403. The van der Waals surface area contributed by atoms with Crippen LogP contribution >= 0.6 is 43.2 Å². The molecular formula is C14H14Br2FNOS. The Morgan fingerprint density at radius 3 is 2.60 bits per heavy atom. The molecule has 0 aliphatic carbocycles. The number of rotatable bonds is 5. The van der Waals surface area contributed by atoms with Gasteiger partial charge in [-0.15, -0.1) is 11.3 Å². The van der Waals surface area contributed by atoms with E-state index in [2.05, 4.69) is 37.2 Å². The van der Waals surface area contributed by atoms with Crippen LogP contribution in [0.3, 0.4) is 0 Å². The van der Waals surface area contributed by atoms with Gasteiger partial charge in [0, 0.05) is 5.56 Å². The average molecular weight is 423 g/mol.